The Morgan fingerprint density at radius 3 is 2.52 bits per heavy atom. The first kappa shape index (κ1) is 19.1. The van der Waals surface area contributed by atoms with Crippen LogP contribution >= 0.6 is 0 Å². The van der Waals surface area contributed by atoms with Crippen LogP contribution in [0.5, 0.6) is 5.75 Å². The van der Waals surface area contributed by atoms with E-state index in [1.54, 1.807) is 0 Å². The minimum Gasteiger partial charge on any atom is -0.502 e. The number of nitro benzene ring substituents is 1. The zero-order valence-electron chi connectivity index (χ0n) is 15.0. The van der Waals surface area contributed by atoms with Gasteiger partial charge in [-0.1, -0.05) is 0 Å². The van der Waals surface area contributed by atoms with Gasteiger partial charge in [-0.15, -0.1) is 0 Å². The molecule has 0 saturated carbocycles. The number of carbonyl (C=O) groups is 1. The normalized spacial score (nSPS) is 21.8. The van der Waals surface area contributed by atoms with E-state index in [0.717, 1.165) is 25.2 Å². The highest BCUT2D eigenvalue weighted by atomic mass is 16.6. The van der Waals surface area contributed by atoms with Crippen molar-refractivity contribution in [3.8, 4) is 5.75 Å². The third-order valence-electron chi connectivity index (χ3n) is 4.39. The maximum atomic E-state index is 12.3. The molecule has 1 aliphatic heterocycles. The Kier molecular flexibility index (Phi) is 5.64. The number of hydrogen-bond acceptors (Lipinski definition) is 6. The summed E-state index contributed by atoms with van der Waals surface area (Å²) in [6, 6.07) is 3.57. The fourth-order valence-electron chi connectivity index (χ4n) is 3.00. The first-order chi connectivity index (χ1) is 11.6. The zero-order chi connectivity index (χ0) is 18.8. The van der Waals surface area contributed by atoms with Crippen LogP contribution < -0.4 is 5.32 Å². The van der Waals surface area contributed by atoms with Crippen LogP contribution in [0, 0.1) is 10.1 Å². The number of rotatable bonds is 5. The topological polar surface area (TPSA) is 105 Å². The summed E-state index contributed by atoms with van der Waals surface area (Å²) in [5, 5.41) is 23.2. The van der Waals surface area contributed by atoms with E-state index in [1.165, 1.54) is 6.07 Å². The minimum atomic E-state index is -0.694. The van der Waals surface area contributed by atoms with Crippen LogP contribution in [0.3, 0.4) is 0 Å². The molecule has 0 radical (unpaired) electrons. The first-order valence-electron chi connectivity index (χ1n) is 8.26. The Morgan fingerprint density at radius 1 is 1.40 bits per heavy atom. The Balaban J connectivity index is 2.01. The van der Waals surface area contributed by atoms with Crippen molar-refractivity contribution in [1.29, 1.82) is 0 Å². The number of ether oxygens (including phenoxy) is 1. The summed E-state index contributed by atoms with van der Waals surface area (Å²) >= 11 is 0. The Hall–Kier alpha value is -2.19. The summed E-state index contributed by atoms with van der Waals surface area (Å²) in [5.74, 6) is -0.902. The fourth-order valence-corrected chi connectivity index (χ4v) is 3.00. The first-order valence-corrected chi connectivity index (χ1v) is 8.26. The lowest BCUT2D eigenvalue weighted by molar-refractivity contribution is -0.385. The number of nitrogens with zero attached hydrogens (tertiary/aromatic N) is 2. The number of phenols is 1. The Bertz CT molecular complexity index is 652. The lowest BCUT2D eigenvalue weighted by atomic mass is 10.00. The minimum absolute atomic E-state index is 0.130. The van der Waals surface area contributed by atoms with E-state index in [4.69, 9.17) is 4.74 Å². The van der Waals surface area contributed by atoms with E-state index >= 15 is 0 Å². The van der Waals surface area contributed by atoms with E-state index in [-0.39, 0.29) is 29.2 Å². The van der Waals surface area contributed by atoms with Crippen LogP contribution in [-0.2, 0) is 4.74 Å². The summed E-state index contributed by atoms with van der Waals surface area (Å²) in [6.07, 6.45) is 0.260. The summed E-state index contributed by atoms with van der Waals surface area (Å²) in [4.78, 5) is 24.6. The lowest BCUT2D eigenvalue weighted by Gasteiger charge is -2.45. The van der Waals surface area contributed by atoms with Crippen molar-refractivity contribution in [2.75, 3.05) is 19.6 Å². The van der Waals surface area contributed by atoms with Crippen molar-refractivity contribution >= 4 is 11.6 Å². The van der Waals surface area contributed by atoms with Crippen LogP contribution in [-0.4, -0.2) is 58.2 Å². The van der Waals surface area contributed by atoms with Crippen LogP contribution in [0.25, 0.3) is 0 Å². The Morgan fingerprint density at radius 2 is 2.00 bits per heavy atom. The van der Waals surface area contributed by atoms with Gasteiger partial charge in [0, 0.05) is 36.8 Å². The largest absolute Gasteiger partial charge is 0.502 e. The average molecular weight is 351 g/mol. The molecular formula is C17H25N3O5. The second-order valence-electron chi connectivity index (χ2n) is 7.12. The van der Waals surface area contributed by atoms with Crippen molar-refractivity contribution < 1.29 is 19.6 Å². The van der Waals surface area contributed by atoms with Gasteiger partial charge < -0.3 is 15.2 Å². The van der Waals surface area contributed by atoms with Gasteiger partial charge in [0.2, 0.25) is 0 Å². The number of nitro groups is 1. The van der Waals surface area contributed by atoms with E-state index in [0.29, 0.717) is 6.54 Å². The molecule has 0 aliphatic carbocycles. The van der Waals surface area contributed by atoms with E-state index in [9.17, 15) is 20.0 Å². The number of aromatic hydroxyl groups is 1. The maximum Gasteiger partial charge on any atom is 0.310 e. The predicted molar refractivity (Wildman–Crippen MR) is 92.8 cm³/mol. The van der Waals surface area contributed by atoms with Crippen molar-refractivity contribution in [3.05, 3.63) is 33.9 Å². The second kappa shape index (κ2) is 7.37. The molecule has 8 nitrogen and oxygen atoms in total. The monoisotopic (exact) mass is 351 g/mol. The molecule has 2 rings (SSSR count). The summed E-state index contributed by atoms with van der Waals surface area (Å²) in [6.45, 7) is 10.1. The zero-order valence-corrected chi connectivity index (χ0v) is 15.0. The molecule has 138 valence electrons. The molecule has 1 aromatic rings. The van der Waals surface area contributed by atoms with Gasteiger partial charge in [0.1, 0.15) is 0 Å². The summed E-state index contributed by atoms with van der Waals surface area (Å²) in [5.41, 5.74) is -0.513. The molecule has 2 atom stereocenters. The molecule has 1 aromatic carbocycles. The fraction of sp³-hybridized carbons (Fsp3) is 0.588. The number of benzene rings is 1. The highest BCUT2D eigenvalue weighted by molar-refractivity contribution is 5.95. The molecular weight excluding hydrogens is 326 g/mol. The SMILES string of the molecule is CC1CN(C(C)(C)CNC(=O)c2ccc([N+](=O)[O-])c(O)c2)CC(C)O1. The number of amides is 1. The summed E-state index contributed by atoms with van der Waals surface area (Å²) < 4.78 is 5.74. The molecule has 1 saturated heterocycles. The van der Waals surface area contributed by atoms with Crippen molar-refractivity contribution in [3.63, 3.8) is 0 Å². The Labute approximate surface area is 146 Å². The highest BCUT2D eigenvalue weighted by Gasteiger charge is 2.33. The number of carbonyl (C=O) groups excluding carboxylic acids is 1. The van der Waals surface area contributed by atoms with Gasteiger partial charge in [-0.2, -0.15) is 0 Å². The molecule has 1 heterocycles. The third-order valence-corrected chi connectivity index (χ3v) is 4.39. The molecule has 2 N–H and O–H groups in total. The van der Waals surface area contributed by atoms with Crippen molar-refractivity contribution in [1.82, 2.24) is 10.2 Å². The van der Waals surface area contributed by atoms with Gasteiger partial charge in [0.25, 0.3) is 5.91 Å². The molecule has 1 aliphatic rings. The van der Waals surface area contributed by atoms with Crippen LogP contribution in [0.2, 0.25) is 0 Å². The van der Waals surface area contributed by atoms with E-state index in [2.05, 4.69) is 10.2 Å². The van der Waals surface area contributed by atoms with Crippen LogP contribution in [0.15, 0.2) is 18.2 Å². The predicted octanol–water partition coefficient (Wildman–Crippen LogP) is 1.92. The number of morpholine rings is 1. The van der Waals surface area contributed by atoms with Crippen LogP contribution in [0.1, 0.15) is 38.1 Å². The number of hydrogen-bond donors (Lipinski definition) is 2. The molecule has 1 fully saturated rings. The average Bonchev–Trinajstić information content (AvgIpc) is 2.51. The maximum absolute atomic E-state index is 12.3. The molecule has 0 spiro atoms. The van der Waals surface area contributed by atoms with Gasteiger partial charge in [-0.25, -0.2) is 0 Å². The van der Waals surface area contributed by atoms with Gasteiger partial charge in [-0.3, -0.25) is 19.8 Å². The molecule has 8 heteroatoms. The van der Waals surface area contributed by atoms with Crippen molar-refractivity contribution in [2.24, 2.45) is 0 Å². The second-order valence-corrected chi connectivity index (χ2v) is 7.12. The molecule has 0 bridgehead atoms. The highest BCUT2D eigenvalue weighted by Crippen LogP contribution is 2.26. The smallest absolute Gasteiger partial charge is 0.310 e. The van der Waals surface area contributed by atoms with Gasteiger partial charge in [-0.05, 0) is 39.8 Å². The van der Waals surface area contributed by atoms with Gasteiger partial charge in [0.05, 0.1) is 17.1 Å². The third kappa shape index (κ3) is 4.67. The number of phenolic OH excluding ortho intramolecular Hbond substituents is 1. The quantitative estimate of drug-likeness (QED) is 0.620. The van der Waals surface area contributed by atoms with Gasteiger partial charge >= 0.3 is 5.69 Å². The molecule has 0 aromatic heterocycles. The lowest BCUT2D eigenvalue weighted by Crippen LogP contribution is -2.58. The van der Waals surface area contributed by atoms with Crippen molar-refractivity contribution in [2.45, 2.75) is 45.4 Å². The molecule has 1 amide bonds. The number of nitrogens with one attached hydrogen (secondary N) is 1. The standard InChI is InChI=1S/C17H25N3O5/c1-11-8-19(9-12(2)25-11)17(3,4)10-18-16(22)13-5-6-14(20(23)24)15(21)7-13/h5-7,11-12,21H,8-10H2,1-4H3,(H,18,22). The van der Waals surface area contributed by atoms with Gasteiger partial charge in [0.15, 0.2) is 5.75 Å². The van der Waals surface area contributed by atoms with E-state index < -0.39 is 16.4 Å². The van der Waals surface area contributed by atoms with Crippen LogP contribution in [0.4, 0.5) is 5.69 Å². The van der Waals surface area contributed by atoms with E-state index in [1.807, 2.05) is 27.7 Å². The summed E-state index contributed by atoms with van der Waals surface area (Å²) in [7, 11) is 0. The molecule has 25 heavy (non-hydrogen) atoms. The molecule has 2 unspecified atom stereocenters.